The topological polar surface area (TPSA) is 32.3 Å². The van der Waals surface area contributed by atoms with Crippen molar-refractivity contribution in [1.29, 1.82) is 0 Å². The molecule has 0 radical (unpaired) electrons. The van der Waals surface area contributed by atoms with Crippen LogP contribution in [0.25, 0.3) is 0 Å². The fourth-order valence-electron chi connectivity index (χ4n) is 2.05. The number of nitrogens with zero attached hydrogens (tertiary/aromatic N) is 4. The largest absolute Gasteiger partial charge is 0.433 e. The number of rotatable bonds is 2. The van der Waals surface area contributed by atoms with Gasteiger partial charge in [-0.25, -0.2) is 4.98 Å². The summed E-state index contributed by atoms with van der Waals surface area (Å²) in [6.45, 7) is 3.48. The van der Waals surface area contributed by atoms with Crippen molar-refractivity contribution in [2.24, 2.45) is 5.92 Å². The fourth-order valence-corrected chi connectivity index (χ4v) is 2.05. The zero-order valence-corrected chi connectivity index (χ0v) is 11.2. The molecule has 1 fully saturated rings. The predicted molar refractivity (Wildman–Crippen MR) is 67.4 cm³/mol. The van der Waals surface area contributed by atoms with Gasteiger partial charge in [0.25, 0.3) is 0 Å². The summed E-state index contributed by atoms with van der Waals surface area (Å²) in [4.78, 5) is 11.2. The van der Waals surface area contributed by atoms with E-state index in [0.717, 1.165) is 12.5 Å². The fraction of sp³-hybridized carbons (Fsp3) is 0.667. The monoisotopic (exact) mass is 274 g/mol. The number of alkyl halides is 3. The third-order valence-corrected chi connectivity index (χ3v) is 3.16. The first-order chi connectivity index (χ1) is 8.77. The molecule has 1 aromatic heterocycles. The Morgan fingerprint density at radius 2 is 2.00 bits per heavy atom. The van der Waals surface area contributed by atoms with Crippen LogP contribution in [0, 0.1) is 5.92 Å². The van der Waals surface area contributed by atoms with Gasteiger partial charge in [0.1, 0.15) is 5.82 Å². The van der Waals surface area contributed by atoms with Gasteiger partial charge in [-0.2, -0.15) is 18.2 Å². The van der Waals surface area contributed by atoms with E-state index in [9.17, 15) is 13.2 Å². The first-order valence-electron chi connectivity index (χ1n) is 6.16. The Hall–Kier alpha value is -1.53. The highest BCUT2D eigenvalue weighted by atomic mass is 19.4. The van der Waals surface area contributed by atoms with Crippen molar-refractivity contribution in [3.63, 3.8) is 0 Å². The molecule has 0 aromatic carbocycles. The van der Waals surface area contributed by atoms with Gasteiger partial charge in [0.2, 0.25) is 5.95 Å². The third kappa shape index (κ3) is 3.08. The molecule has 19 heavy (non-hydrogen) atoms. The van der Waals surface area contributed by atoms with Crippen LogP contribution >= 0.6 is 0 Å². The van der Waals surface area contributed by atoms with E-state index in [1.54, 1.807) is 19.0 Å². The van der Waals surface area contributed by atoms with E-state index in [0.29, 0.717) is 19.0 Å². The number of hydrogen-bond acceptors (Lipinski definition) is 4. The maximum Gasteiger partial charge on any atom is 0.433 e. The summed E-state index contributed by atoms with van der Waals surface area (Å²) in [6, 6.07) is 0.975. The van der Waals surface area contributed by atoms with Crippen LogP contribution in [0.2, 0.25) is 0 Å². The average molecular weight is 274 g/mol. The molecular formula is C12H17F3N4. The van der Waals surface area contributed by atoms with E-state index >= 15 is 0 Å². The summed E-state index contributed by atoms with van der Waals surface area (Å²) in [5.74, 6) is 0.903. The molecule has 1 aliphatic heterocycles. The zero-order valence-electron chi connectivity index (χ0n) is 11.2. The summed E-state index contributed by atoms with van der Waals surface area (Å²) in [7, 11) is 3.33. The maximum atomic E-state index is 12.8. The molecule has 1 saturated heterocycles. The van der Waals surface area contributed by atoms with E-state index in [-0.39, 0.29) is 11.8 Å². The van der Waals surface area contributed by atoms with Crippen molar-refractivity contribution in [2.75, 3.05) is 37.0 Å². The lowest BCUT2D eigenvalue weighted by Gasteiger charge is -2.20. The smallest absolute Gasteiger partial charge is 0.363 e. The number of anilines is 2. The minimum Gasteiger partial charge on any atom is -0.363 e. The Bertz CT molecular complexity index is 459. The molecule has 0 amide bonds. The number of hydrogen-bond donors (Lipinski definition) is 0. The van der Waals surface area contributed by atoms with Crippen molar-refractivity contribution in [3.8, 4) is 0 Å². The molecule has 0 bridgehead atoms. The Labute approximate surface area is 110 Å². The summed E-state index contributed by atoms with van der Waals surface area (Å²) in [6.07, 6.45) is -3.50. The van der Waals surface area contributed by atoms with E-state index in [1.807, 2.05) is 4.90 Å². The second kappa shape index (κ2) is 4.86. The Balaban J connectivity index is 2.40. The van der Waals surface area contributed by atoms with Gasteiger partial charge >= 0.3 is 6.18 Å². The molecule has 106 valence electrons. The first-order valence-corrected chi connectivity index (χ1v) is 6.16. The molecule has 7 heteroatoms. The van der Waals surface area contributed by atoms with E-state index in [2.05, 4.69) is 16.9 Å². The number of halogens is 3. The second-order valence-corrected chi connectivity index (χ2v) is 5.14. The molecule has 1 aliphatic rings. The van der Waals surface area contributed by atoms with Crippen molar-refractivity contribution in [1.82, 2.24) is 9.97 Å². The van der Waals surface area contributed by atoms with Crippen LogP contribution in [0.4, 0.5) is 24.9 Å². The quantitative estimate of drug-likeness (QED) is 0.829. The van der Waals surface area contributed by atoms with Gasteiger partial charge in [0.05, 0.1) is 0 Å². The van der Waals surface area contributed by atoms with Crippen LogP contribution < -0.4 is 9.80 Å². The molecule has 4 nitrogen and oxygen atoms in total. The van der Waals surface area contributed by atoms with Crippen LogP contribution in [0.15, 0.2) is 6.07 Å². The summed E-state index contributed by atoms with van der Waals surface area (Å²) >= 11 is 0. The highest BCUT2D eigenvalue weighted by Crippen LogP contribution is 2.31. The highest BCUT2D eigenvalue weighted by molar-refractivity contribution is 5.46. The van der Waals surface area contributed by atoms with Gasteiger partial charge in [0.15, 0.2) is 5.69 Å². The maximum absolute atomic E-state index is 12.8. The standard InChI is InChI=1S/C12H17F3N4/c1-8-4-5-19(7-8)11-16-9(12(13,14)15)6-10(17-11)18(2)3/h6,8H,4-5,7H2,1-3H3. The lowest BCUT2D eigenvalue weighted by molar-refractivity contribution is -0.141. The first kappa shape index (κ1) is 13.9. The van der Waals surface area contributed by atoms with Crippen molar-refractivity contribution < 1.29 is 13.2 Å². The normalized spacial score (nSPS) is 19.9. The molecular weight excluding hydrogens is 257 g/mol. The minimum absolute atomic E-state index is 0.169. The zero-order chi connectivity index (χ0) is 14.2. The highest BCUT2D eigenvalue weighted by Gasteiger charge is 2.35. The van der Waals surface area contributed by atoms with Gasteiger partial charge in [-0.3, -0.25) is 0 Å². The van der Waals surface area contributed by atoms with E-state index in [4.69, 9.17) is 0 Å². The van der Waals surface area contributed by atoms with Gasteiger partial charge < -0.3 is 9.80 Å². The molecule has 0 aliphatic carbocycles. The van der Waals surface area contributed by atoms with Gasteiger partial charge in [-0.1, -0.05) is 6.92 Å². The van der Waals surface area contributed by atoms with Gasteiger partial charge in [-0.05, 0) is 12.3 Å². The van der Waals surface area contributed by atoms with Crippen LogP contribution in [0.3, 0.4) is 0 Å². The summed E-state index contributed by atoms with van der Waals surface area (Å²) in [5.41, 5.74) is -0.888. The molecule has 0 saturated carbocycles. The molecule has 1 unspecified atom stereocenters. The third-order valence-electron chi connectivity index (χ3n) is 3.16. The summed E-state index contributed by atoms with van der Waals surface area (Å²) < 4.78 is 38.5. The van der Waals surface area contributed by atoms with Crippen LogP contribution in [-0.4, -0.2) is 37.2 Å². The molecule has 2 rings (SSSR count). The molecule has 2 heterocycles. The lowest BCUT2D eigenvalue weighted by Crippen LogP contribution is -2.25. The Morgan fingerprint density at radius 3 is 2.47 bits per heavy atom. The van der Waals surface area contributed by atoms with Crippen LogP contribution in [0.5, 0.6) is 0 Å². The molecule has 1 atom stereocenters. The van der Waals surface area contributed by atoms with Crippen LogP contribution in [0.1, 0.15) is 19.0 Å². The van der Waals surface area contributed by atoms with E-state index in [1.165, 1.54) is 0 Å². The van der Waals surface area contributed by atoms with Gasteiger partial charge in [-0.15, -0.1) is 0 Å². The Morgan fingerprint density at radius 1 is 1.32 bits per heavy atom. The van der Waals surface area contributed by atoms with E-state index < -0.39 is 11.9 Å². The molecule has 1 aromatic rings. The lowest BCUT2D eigenvalue weighted by atomic mass is 10.2. The van der Waals surface area contributed by atoms with Crippen molar-refractivity contribution in [2.45, 2.75) is 19.5 Å². The predicted octanol–water partition coefficient (Wildman–Crippen LogP) is 2.41. The van der Waals surface area contributed by atoms with Gasteiger partial charge in [0, 0.05) is 33.3 Å². The summed E-state index contributed by atoms with van der Waals surface area (Å²) in [5, 5.41) is 0. The van der Waals surface area contributed by atoms with Crippen molar-refractivity contribution in [3.05, 3.63) is 11.8 Å². The minimum atomic E-state index is -4.45. The molecule has 0 N–H and O–H groups in total. The molecule has 0 spiro atoms. The average Bonchev–Trinajstić information content (AvgIpc) is 2.74. The Kier molecular flexibility index (Phi) is 3.56. The van der Waals surface area contributed by atoms with Crippen LogP contribution in [-0.2, 0) is 6.18 Å². The number of aromatic nitrogens is 2. The second-order valence-electron chi connectivity index (χ2n) is 5.14. The van der Waals surface area contributed by atoms with Crippen molar-refractivity contribution >= 4 is 11.8 Å². The SMILES string of the molecule is CC1CCN(c2nc(N(C)C)cc(C(F)(F)F)n2)C1.